The van der Waals surface area contributed by atoms with Crippen LogP contribution in [-0.2, 0) is 4.79 Å². The zero-order valence-corrected chi connectivity index (χ0v) is 17.6. The Bertz CT molecular complexity index is 716. The average molecular weight is 391 g/mol. The number of benzene rings is 1. The highest BCUT2D eigenvalue weighted by Gasteiger charge is 2.25. The van der Waals surface area contributed by atoms with Crippen molar-refractivity contribution in [1.82, 2.24) is 9.88 Å². The first-order chi connectivity index (χ1) is 13.0. The largest absolute Gasteiger partial charge is 0.493 e. The van der Waals surface area contributed by atoms with Crippen molar-refractivity contribution in [3.63, 3.8) is 0 Å². The molecule has 1 amide bonds. The molecule has 0 fully saturated rings. The van der Waals surface area contributed by atoms with E-state index in [1.807, 2.05) is 47.3 Å². The summed E-state index contributed by atoms with van der Waals surface area (Å²) in [6, 6.07) is 9.39. The van der Waals surface area contributed by atoms with Crippen LogP contribution >= 0.6 is 11.8 Å². The third-order valence-electron chi connectivity index (χ3n) is 4.62. The van der Waals surface area contributed by atoms with Gasteiger partial charge in [-0.2, -0.15) is 11.8 Å². The van der Waals surface area contributed by atoms with Crippen molar-refractivity contribution in [1.29, 1.82) is 0 Å². The van der Waals surface area contributed by atoms with E-state index in [-0.39, 0.29) is 23.9 Å². The summed E-state index contributed by atoms with van der Waals surface area (Å²) in [4.78, 5) is 13.1. The van der Waals surface area contributed by atoms with Crippen molar-refractivity contribution in [3.05, 3.63) is 48.3 Å². The normalized spacial score (nSPS) is 13.3. The zero-order valence-electron chi connectivity index (χ0n) is 16.8. The number of hydrogen-bond donors (Lipinski definition) is 1. The van der Waals surface area contributed by atoms with Gasteiger partial charge >= 0.3 is 0 Å². The molecule has 1 aromatic heterocycles. The minimum atomic E-state index is -0.214. The van der Waals surface area contributed by atoms with E-state index in [4.69, 9.17) is 9.47 Å². The molecule has 0 aliphatic rings. The molecule has 1 heterocycles. The number of carbonyl (C=O) groups is 1. The third kappa shape index (κ3) is 5.45. The Kier molecular flexibility index (Phi) is 8.10. The Morgan fingerprint density at radius 3 is 2.37 bits per heavy atom. The summed E-state index contributed by atoms with van der Waals surface area (Å²) >= 11 is 1.75. The molecule has 148 valence electrons. The lowest BCUT2D eigenvalue weighted by molar-refractivity contribution is -0.125. The molecule has 1 N–H and O–H groups in total. The van der Waals surface area contributed by atoms with Crippen molar-refractivity contribution in [2.75, 3.05) is 26.2 Å². The Balaban J connectivity index is 2.25. The van der Waals surface area contributed by atoms with Crippen LogP contribution in [0.25, 0.3) is 0 Å². The zero-order chi connectivity index (χ0) is 19.8. The number of ether oxygens (including phenoxy) is 2. The maximum absolute atomic E-state index is 13.1. The number of nitrogens with zero attached hydrogens (tertiary/aromatic N) is 1. The molecular formula is C21H30N2O3S. The molecule has 0 saturated carbocycles. The molecule has 0 aliphatic carbocycles. The van der Waals surface area contributed by atoms with Gasteiger partial charge in [0, 0.05) is 12.4 Å². The molecular weight excluding hydrogens is 360 g/mol. The number of carbonyl (C=O) groups excluding carboxylic acids is 1. The number of amides is 1. The SMILES string of the molecule is COc1ccc(C(NC(=O)[C@@H](CCSC)n2cccc2)C(C)C)cc1OC. The van der Waals surface area contributed by atoms with E-state index >= 15 is 0 Å². The Labute approximate surface area is 166 Å². The van der Waals surface area contributed by atoms with Crippen LogP contribution in [0.5, 0.6) is 11.5 Å². The van der Waals surface area contributed by atoms with Gasteiger partial charge in [-0.15, -0.1) is 0 Å². The molecule has 0 saturated heterocycles. The first-order valence-electron chi connectivity index (χ1n) is 9.15. The molecule has 2 atom stereocenters. The molecule has 2 aromatic rings. The Morgan fingerprint density at radius 1 is 1.15 bits per heavy atom. The molecule has 0 radical (unpaired) electrons. The van der Waals surface area contributed by atoms with Gasteiger partial charge in [-0.3, -0.25) is 4.79 Å². The molecule has 1 unspecified atom stereocenters. The van der Waals surface area contributed by atoms with Crippen LogP contribution in [0.2, 0.25) is 0 Å². The number of rotatable bonds is 10. The smallest absolute Gasteiger partial charge is 0.243 e. The molecule has 0 bridgehead atoms. The summed E-state index contributed by atoms with van der Waals surface area (Å²) in [6.07, 6.45) is 6.75. The Morgan fingerprint density at radius 2 is 1.81 bits per heavy atom. The van der Waals surface area contributed by atoms with Crippen LogP contribution < -0.4 is 14.8 Å². The van der Waals surface area contributed by atoms with Gasteiger partial charge in [-0.1, -0.05) is 19.9 Å². The second kappa shape index (κ2) is 10.3. The molecule has 6 heteroatoms. The summed E-state index contributed by atoms with van der Waals surface area (Å²) in [7, 11) is 3.24. The maximum Gasteiger partial charge on any atom is 0.243 e. The van der Waals surface area contributed by atoms with Gasteiger partial charge in [-0.25, -0.2) is 0 Å². The second-order valence-corrected chi connectivity index (χ2v) is 7.76. The van der Waals surface area contributed by atoms with Gasteiger partial charge in [0.1, 0.15) is 6.04 Å². The van der Waals surface area contributed by atoms with Crippen LogP contribution in [0.3, 0.4) is 0 Å². The summed E-state index contributed by atoms with van der Waals surface area (Å²) in [6.45, 7) is 4.21. The van der Waals surface area contributed by atoms with Gasteiger partial charge in [0.15, 0.2) is 11.5 Å². The van der Waals surface area contributed by atoms with E-state index < -0.39 is 0 Å². The summed E-state index contributed by atoms with van der Waals surface area (Å²) in [5, 5.41) is 3.25. The van der Waals surface area contributed by atoms with Crippen molar-refractivity contribution < 1.29 is 14.3 Å². The maximum atomic E-state index is 13.1. The second-order valence-electron chi connectivity index (χ2n) is 6.77. The van der Waals surface area contributed by atoms with Crippen LogP contribution in [-0.4, -0.2) is 36.7 Å². The quantitative estimate of drug-likeness (QED) is 0.657. The minimum absolute atomic E-state index is 0.0359. The molecule has 2 rings (SSSR count). The fourth-order valence-electron chi connectivity index (χ4n) is 3.13. The van der Waals surface area contributed by atoms with Crippen molar-refractivity contribution >= 4 is 17.7 Å². The summed E-state index contributed by atoms with van der Waals surface area (Å²) in [5.74, 6) is 2.55. The number of hydrogen-bond acceptors (Lipinski definition) is 4. The van der Waals surface area contributed by atoms with Crippen LogP contribution in [0, 0.1) is 5.92 Å². The lowest BCUT2D eigenvalue weighted by Gasteiger charge is -2.27. The molecule has 1 aromatic carbocycles. The van der Waals surface area contributed by atoms with Gasteiger partial charge < -0.3 is 19.4 Å². The van der Waals surface area contributed by atoms with Crippen LogP contribution in [0.1, 0.15) is 37.9 Å². The van der Waals surface area contributed by atoms with Crippen LogP contribution in [0.15, 0.2) is 42.7 Å². The third-order valence-corrected chi connectivity index (χ3v) is 5.26. The fraction of sp³-hybridized carbons (Fsp3) is 0.476. The van der Waals surface area contributed by atoms with Crippen molar-refractivity contribution in [2.45, 2.75) is 32.4 Å². The average Bonchev–Trinajstić information content (AvgIpc) is 3.20. The van der Waals surface area contributed by atoms with E-state index in [0.29, 0.717) is 11.5 Å². The molecule has 5 nitrogen and oxygen atoms in total. The highest BCUT2D eigenvalue weighted by molar-refractivity contribution is 7.98. The minimum Gasteiger partial charge on any atom is -0.493 e. The van der Waals surface area contributed by atoms with Gasteiger partial charge in [0.2, 0.25) is 5.91 Å². The first kappa shape index (κ1) is 21.2. The summed E-state index contributed by atoms with van der Waals surface area (Å²) < 4.78 is 12.7. The molecule has 27 heavy (non-hydrogen) atoms. The number of methoxy groups -OCH3 is 2. The van der Waals surface area contributed by atoms with E-state index in [1.54, 1.807) is 26.0 Å². The van der Waals surface area contributed by atoms with E-state index in [2.05, 4.69) is 25.4 Å². The standard InChI is InChI=1S/C21H30N2O3S/c1-15(2)20(16-8-9-18(25-3)19(14-16)26-4)22-21(24)17(10-13-27-5)23-11-6-7-12-23/h6-9,11-12,14-15,17,20H,10,13H2,1-5H3,(H,22,24)/t17-,20?/m1/s1. The lowest BCUT2D eigenvalue weighted by atomic mass is 9.95. The topological polar surface area (TPSA) is 52.5 Å². The van der Waals surface area contributed by atoms with Crippen molar-refractivity contribution in [2.24, 2.45) is 5.92 Å². The fourth-order valence-corrected chi connectivity index (χ4v) is 3.59. The molecule has 0 aliphatic heterocycles. The Hall–Kier alpha value is -2.08. The predicted octanol–water partition coefficient (Wildman–Crippen LogP) is 4.31. The van der Waals surface area contributed by atoms with E-state index in [0.717, 1.165) is 17.7 Å². The highest BCUT2D eigenvalue weighted by Crippen LogP contribution is 2.32. The number of thioether (sulfide) groups is 1. The van der Waals surface area contributed by atoms with Gasteiger partial charge in [0.25, 0.3) is 0 Å². The van der Waals surface area contributed by atoms with E-state index in [9.17, 15) is 4.79 Å². The lowest BCUT2D eigenvalue weighted by Crippen LogP contribution is -2.37. The predicted molar refractivity (Wildman–Crippen MR) is 112 cm³/mol. The monoisotopic (exact) mass is 390 g/mol. The van der Waals surface area contributed by atoms with Gasteiger partial charge in [-0.05, 0) is 54.2 Å². The summed E-state index contributed by atoms with van der Waals surface area (Å²) in [5.41, 5.74) is 1.01. The van der Waals surface area contributed by atoms with E-state index in [1.165, 1.54) is 0 Å². The number of nitrogens with one attached hydrogen (secondary N) is 1. The van der Waals surface area contributed by atoms with Crippen LogP contribution in [0.4, 0.5) is 0 Å². The molecule has 0 spiro atoms. The highest BCUT2D eigenvalue weighted by atomic mass is 32.2. The van der Waals surface area contributed by atoms with Crippen molar-refractivity contribution in [3.8, 4) is 11.5 Å². The number of aromatic nitrogens is 1. The van der Waals surface area contributed by atoms with Gasteiger partial charge in [0.05, 0.1) is 20.3 Å². The first-order valence-corrected chi connectivity index (χ1v) is 10.5.